The summed E-state index contributed by atoms with van der Waals surface area (Å²) in [5, 5.41) is 3.14. The van der Waals surface area contributed by atoms with Gasteiger partial charge in [-0.15, -0.1) is 0 Å². The Hall–Kier alpha value is -0.570. The molecular formula is C13H26N2O. The highest BCUT2D eigenvalue weighted by Crippen LogP contribution is 2.27. The van der Waals surface area contributed by atoms with E-state index in [4.69, 9.17) is 5.73 Å². The smallest absolute Gasteiger partial charge is 0.224 e. The van der Waals surface area contributed by atoms with Crippen LogP contribution < -0.4 is 11.1 Å². The average Bonchev–Trinajstić information content (AvgIpc) is 2.78. The molecule has 3 nitrogen and oxygen atoms in total. The molecule has 16 heavy (non-hydrogen) atoms. The van der Waals surface area contributed by atoms with Crippen molar-refractivity contribution in [2.75, 3.05) is 6.54 Å². The molecule has 1 amide bonds. The van der Waals surface area contributed by atoms with Gasteiger partial charge < -0.3 is 11.1 Å². The fourth-order valence-electron chi connectivity index (χ4n) is 2.62. The van der Waals surface area contributed by atoms with E-state index < -0.39 is 0 Å². The van der Waals surface area contributed by atoms with E-state index in [1.54, 1.807) is 0 Å². The summed E-state index contributed by atoms with van der Waals surface area (Å²) < 4.78 is 0. The molecule has 1 rings (SSSR count). The second kappa shape index (κ2) is 6.89. The van der Waals surface area contributed by atoms with Gasteiger partial charge >= 0.3 is 0 Å². The van der Waals surface area contributed by atoms with Gasteiger partial charge in [-0.2, -0.15) is 0 Å². The van der Waals surface area contributed by atoms with Crippen LogP contribution in [0.2, 0.25) is 0 Å². The Bertz CT molecular complexity index is 212. The molecule has 0 aromatic carbocycles. The van der Waals surface area contributed by atoms with Crippen molar-refractivity contribution < 1.29 is 4.79 Å². The molecule has 0 aromatic heterocycles. The van der Waals surface area contributed by atoms with Crippen LogP contribution >= 0.6 is 0 Å². The molecule has 0 aromatic rings. The molecule has 0 spiro atoms. The summed E-state index contributed by atoms with van der Waals surface area (Å²) in [6.07, 6.45) is 7.10. The van der Waals surface area contributed by atoms with E-state index in [0.29, 0.717) is 18.5 Å². The van der Waals surface area contributed by atoms with Gasteiger partial charge in [-0.25, -0.2) is 0 Å². The van der Waals surface area contributed by atoms with Crippen LogP contribution in [0, 0.1) is 11.8 Å². The molecule has 0 bridgehead atoms. The van der Waals surface area contributed by atoms with Crippen LogP contribution in [0.4, 0.5) is 0 Å². The fraction of sp³-hybridized carbons (Fsp3) is 0.923. The number of hydrogen-bond acceptors (Lipinski definition) is 2. The lowest BCUT2D eigenvalue weighted by molar-refractivity contribution is -0.125. The maximum Gasteiger partial charge on any atom is 0.224 e. The molecule has 2 atom stereocenters. The van der Waals surface area contributed by atoms with Gasteiger partial charge in [0.15, 0.2) is 0 Å². The molecule has 1 saturated carbocycles. The first-order valence-corrected chi connectivity index (χ1v) is 6.69. The largest absolute Gasteiger partial charge is 0.353 e. The summed E-state index contributed by atoms with van der Waals surface area (Å²) in [5.74, 6) is 0.849. The summed E-state index contributed by atoms with van der Waals surface area (Å²) in [7, 11) is 0. The second-order valence-electron chi connectivity index (χ2n) is 5.06. The topological polar surface area (TPSA) is 55.1 Å². The number of carbonyl (C=O) groups excluding carboxylic acids is 1. The minimum Gasteiger partial charge on any atom is -0.353 e. The van der Waals surface area contributed by atoms with Gasteiger partial charge in [-0.1, -0.05) is 26.2 Å². The summed E-state index contributed by atoms with van der Waals surface area (Å²) in [4.78, 5) is 11.9. The summed E-state index contributed by atoms with van der Waals surface area (Å²) in [5.41, 5.74) is 5.63. The monoisotopic (exact) mass is 226 g/mol. The lowest BCUT2D eigenvalue weighted by Crippen LogP contribution is -2.42. The number of rotatable bonds is 6. The molecule has 0 aliphatic heterocycles. The first-order valence-electron chi connectivity index (χ1n) is 6.69. The highest BCUT2D eigenvalue weighted by Gasteiger charge is 2.24. The molecule has 94 valence electrons. The molecule has 3 N–H and O–H groups in total. The molecular weight excluding hydrogens is 200 g/mol. The third-order valence-electron chi connectivity index (χ3n) is 3.77. The van der Waals surface area contributed by atoms with Gasteiger partial charge in [-0.05, 0) is 32.1 Å². The summed E-state index contributed by atoms with van der Waals surface area (Å²) in [6, 6.07) is 0.320. The molecule has 1 fully saturated rings. The van der Waals surface area contributed by atoms with E-state index in [-0.39, 0.29) is 11.8 Å². The zero-order valence-electron chi connectivity index (χ0n) is 10.7. The Morgan fingerprint density at radius 3 is 2.56 bits per heavy atom. The third-order valence-corrected chi connectivity index (χ3v) is 3.77. The number of carbonyl (C=O) groups is 1. The molecule has 1 aliphatic rings. The Kier molecular flexibility index (Phi) is 5.81. The zero-order valence-corrected chi connectivity index (χ0v) is 10.7. The van der Waals surface area contributed by atoms with Crippen LogP contribution in [0.15, 0.2) is 0 Å². The van der Waals surface area contributed by atoms with Crippen LogP contribution in [0.1, 0.15) is 52.4 Å². The van der Waals surface area contributed by atoms with Crippen molar-refractivity contribution in [2.24, 2.45) is 17.6 Å². The van der Waals surface area contributed by atoms with Crippen molar-refractivity contribution in [1.82, 2.24) is 5.32 Å². The van der Waals surface area contributed by atoms with Gasteiger partial charge in [0.05, 0.1) is 5.92 Å². The molecule has 0 radical (unpaired) electrons. The third kappa shape index (κ3) is 3.78. The van der Waals surface area contributed by atoms with E-state index in [9.17, 15) is 4.79 Å². The predicted octanol–water partition coefficient (Wildman–Crippen LogP) is 2.06. The fourth-order valence-corrected chi connectivity index (χ4v) is 2.62. The van der Waals surface area contributed by atoms with Crippen molar-refractivity contribution in [3.8, 4) is 0 Å². The molecule has 1 aliphatic carbocycles. The minimum atomic E-state index is 0.00820. The lowest BCUT2D eigenvalue weighted by Gasteiger charge is -2.23. The van der Waals surface area contributed by atoms with Gasteiger partial charge in [0.2, 0.25) is 5.91 Å². The van der Waals surface area contributed by atoms with Crippen molar-refractivity contribution >= 4 is 5.91 Å². The average molecular weight is 226 g/mol. The highest BCUT2D eigenvalue weighted by atomic mass is 16.1. The second-order valence-corrected chi connectivity index (χ2v) is 5.06. The van der Waals surface area contributed by atoms with E-state index in [1.165, 1.54) is 25.7 Å². The first kappa shape index (κ1) is 13.5. The van der Waals surface area contributed by atoms with E-state index in [0.717, 1.165) is 12.8 Å². The van der Waals surface area contributed by atoms with Gasteiger partial charge in [0.1, 0.15) is 0 Å². The number of hydrogen-bond donors (Lipinski definition) is 2. The standard InChI is InChI=1S/C13H26N2O/c1-3-6-12(9-14)13(16)15-10(2)11-7-4-5-8-11/h10-12H,3-9,14H2,1-2H3,(H,15,16)/t10-,12?/m1/s1. The number of nitrogens with one attached hydrogen (secondary N) is 1. The first-order chi connectivity index (χ1) is 7.69. The predicted molar refractivity (Wildman–Crippen MR) is 67.0 cm³/mol. The van der Waals surface area contributed by atoms with Crippen molar-refractivity contribution in [2.45, 2.75) is 58.4 Å². The van der Waals surface area contributed by atoms with Gasteiger partial charge in [-0.3, -0.25) is 4.79 Å². The zero-order chi connectivity index (χ0) is 12.0. The Morgan fingerprint density at radius 1 is 1.44 bits per heavy atom. The maximum absolute atomic E-state index is 11.9. The summed E-state index contributed by atoms with van der Waals surface area (Å²) in [6.45, 7) is 4.70. The van der Waals surface area contributed by atoms with Crippen LogP contribution in [0.25, 0.3) is 0 Å². The Balaban J connectivity index is 2.36. The SMILES string of the molecule is CCCC(CN)C(=O)N[C@H](C)C1CCCC1. The number of amides is 1. The van der Waals surface area contributed by atoms with Crippen molar-refractivity contribution in [3.63, 3.8) is 0 Å². The summed E-state index contributed by atoms with van der Waals surface area (Å²) >= 11 is 0. The molecule has 3 heteroatoms. The van der Waals surface area contributed by atoms with Crippen LogP contribution in [-0.4, -0.2) is 18.5 Å². The van der Waals surface area contributed by atoms with Crippen LogP contribution in [0.3, 0.4) is 0 Å². The van der Waals surface area contributed by atoms with Gasteiger partial charge in [0.25, 0.3) is 0 Å². The Labute approximate surface area is 99.2 Å². The van der Waals surface area contributed by atoms with Crippen molar-refractivity contribution in [3.05, 3.63) is 0 Å². The normalized spacial score (nSPS) is 20.7. The Morgan fingerprint density at radius 2 is 2.06 bits per heavy atom. The van der Waals surface area contributed by atoms with E-state index in [1.807, 2.05) is 0 Å². The molecule has 0 heterocycles. The quantitative estimate of drug-likeness (QED) is 0.728. The lowest BCUT2D eigenvalue weighted by atomic mass is 9.97. The maximum atomic E-state index is 11.9. The molecule has 1 unspecified atom stereocenters. The van der Waals surface area contributed by atoms with Crippen LogP contribution in [0.5, 0.6) is 0 Å². The minimum absolute atomic E-state index is 0.00820. The van der Waals surface area contributed by atoms with Gasteiger partial charge in [0, 0.05) is 12.6 Å². The molecule has 0 saturated heterocycles. The highest BCUT2D eigenvalue weighted by molar-refractivity contribution is 5.79. The van der Waals surface area contributed by atoms with E-state index >= 15 is 0 Å². The number of nitrogens with two attached hydrogens (primary N) is 1. The van der Waals surface area contributed by atoms with E-state index in [2.05, 4.69) is 19.2 Å². The van der Waals surface area contributed by atoms with Crippen molar-refractivity contribution in [1.29, 1.82) is 0 Å². The van der Waals surface area contributed by atoms with Crippen LogP contribution in [-0.2, 0) is 4.79 Å².